The molecule has 0 saturated heterocycles. The van der Waals surface area contributed by atoms with Crippen molar-refractivity contribution in [3.63, 3.8) is 0 Å². The van der Waals surface area contributed by atoms with Crippen LogP contribution in [0.5, 0.6) is 0 Å². The number of amides is 2. The number of benzene rings is 2. The zero-order chi connectivity index (χ0) is 20.0. The van der Waals surface area contributed by atoms with Gasteiger partial charge in [-0.3, -0.25) is 20.4 Å². The van der Waals surface area contributed by atoms with Gasteiger partial charge in [-0.25, -0.2) is 0 Å². The summed E-state index contributed by atoms with van der Waals surface area (Å²) in [6.07, 6.45) is -4.47. The Morgan fingerprint density at radius 3 is 1.59 bits per heavy atom. The summed E-state index contributed by atoms with van der Waals surface area (Å²) < 4.78 is 37.6. The molecule has 0 bridgehead atoms. The zero-order valence-electron chi connectivity index (χ0n) is 14.9. The number of alkyl halides is 3. The van der Waals surface area contributed by atoms with E-state index in [2.05, 4.69) is 15.8 Å². The third kappa shape index (κ3) is 5.22. The van der Waals surface area contributed by atoms with Crippen molar-refractivity contribution < 1.29 is 22.8 Å². The highest BCUT2D eigenvalue weighted by molar-refractivity contribution is 5.99. The number of carbonyl (C=O) groups excluding carboxylic acids is 2. The molecule has 0 aliphatic carbocycles. The molecule has 0 aliphatic heterocycles. The van der Waals surface area contributed by atoms with Gasteiger partial charge in [0.15, 0.2) is 0 Å². The lowest BCUT2D eigenvalue weighted by Gasteiger charge is -2.21. The second kappa shape index (κ2) is 8.57. The molecule has 2 rings (SSSR count). The van der Waals surface area contributed by atoms with Crippen LogP contribution in [0.2, 0.25) is 0 Å². The fourth-order valence-electron chi connectivity index (χ4n) is 2.48. The van der Waals surface area contributed by atoms with Crippen molar-refractivity contribution in [2.45, 2.75) is 20.0 Å². The van der Waals surface area contributed by atoms with Gasteiger partial charge in [-0.1, -0.05) is 0 Å². The number of hydrogen-bond donors (Lipinski definition) is 2. The van der Waals surface area contributed by atoms with Crippen molar-refractivity contribution in [1.29, 1.82) is 0 Å². The fraction of sp³-hybridized carbons (Fsp3) is 0.263. The van der Waals surface area contributed by atoms with E-state index < -0.39 is 23.6 Å². The lowest BCUT2D eigenvalue weighted by molar-refractivity contribution is -0.137. The Labute approximate surface area is 155 Å². The first-order valence-corrected chi connectivity index (χ1v) is 8.39. The fourth-order valence-corrected chi connectivity index (χ4v) is 2.48. The number of anilines is 1. The molecule has 8 heteroatoms. The van der Waals surface area contributed by atoms with Gasteiger partial charge < -0.3 is 4.90 Å². The van der Waals surface area contributed by atoms with Crippen molar-refractivity contribution in [2.24, 2.45) is 0 Å². The number of nitrogens with zero attached hydrogens (tertiary/aromatic N) is 1. The van der Waals surface area contributed by atoms with E-state index in [1.54, 1.807) is 24.3 Å². The highest BCUT2D eigenvalue weighted by atomic mass is 19.4. The molecule has 0 unspecified atom stereocenters. The zero-order valence-corrected chi connectivity index (χ0v) is 14.9. The van der Waals surface area contributed by atoms with Crippen LogP contribution in [0.25, 0.3) is 0 Å². The lowest BCUT2D eigenvalue weighted by atomic mass is 10.1. The second-order valence-electron chi connectivity index (χ2n) is 5.70. The van der Waals surface area contributed by atoms with Crippen LogP contribution in [0, 0.1) is 0 Å². The van der Waals surface area contributed by atoms with Crippen LogP contribution in [-0.2, 0) is 6.18 Å². The molecule has 0 spiro atoms. The average molecular weight is 379 g/mol. The Kier molecular flexibility index (Phi) is 6.44. The van der Waals surface area contributed by atoms with Gasteiger partial charge in [-0.2, -0.15) is 13.2 Å². The van der Waals surface area contributed by atoms with E-state index in [1.165, 1.54) is 0 Å². The van der Waals surface area contributed by atoms with Crippen LogP contribution < -0.4 is 15.8 Å². The predicted molar refractivity (Wildman–Crippen MR) is 96.4 cm³/mol. The van der Waals surface area contributed by atoms with Gasteiger partial charge in [0.1, 0.15) is 0 Å². The minimum atomic E-state index is -4.47. The summed E-state index contributed by atoms with van der Waals surface area (Å²) >= 11 is 0. The van der Waals surface area contributed by atoms with Gasteiger partial charge in [-0.15, -0.1) is 0 Å². The van der Waals surface area contributed by atoms with Crippen LogP contribution in [0.3, 0.4) is 0 Å². The van der Waals surface area contributed by atoms with Crippen molar-refractivity contribution in [3.8, 4) is 0 Å². The van der Waals surface area contributed by atoms with Crippen LogP contribution in [0.1, 0.15) is 40.1 Å². The van der Waals surface area contributed by atoms with Gasteiger partial charge in [0.2, 0.25) is 0 Å². The molecule has 0 atom stereocenters. The van der Waals surface area contributed by atoms with Crippen molar-refractivity contribution >= 4 is 17.5 Å². The number of hydrazine groups is 1. The van der Waals surface area contributed by atoms with E-state index in [9.17, 15) is 22.8 Å². The van der Waals surface area contributed by atoms with Crippen LogP contribution in [0.15, 0.2) is 48.5 Å². The normalized spacial score (nSPS) is 11.0. The van der Waals surface area contributed by atoms with Gasteiger partial charge >= 0.3 is 6.18 Å². The van der Waals surface area contributed by atoms with Crippen molar-refractivity contribution in [1.82, 2.24) is 10.9 Å². The quantitative estimate of drug-likeness (QED) is 0.780. The number of carbonyl (C=O) groups is 2. The van der Waals surface area contributed by atoms with Crippen molar-refractivity contribution in [2.75, 3.05) is 18.0 Å². The molecule has 5 nitrogen and oxygen atoms in total. The Morgan fingerprint density at radius 2 is 1.22 bits per heavy atom. The Bertz CT molecular complexity index is 783. The van der Waals surface area contributed by atoms with Gasteiger partial charge in [0.25, 0.3) is 11.8 Å². The van der Waals surface area contributed by atoms with E-state index in [0.29, 0.717) is 5.56 Å². The van der Waals surface area contributed by atoms with Crippen LogP contribution in [-0.4, -0.2) is 24.9 Å². The van der Waals surface area contributed by atoms with Crippen LogP contribution >= 0.6 is 0 Å². The Balaban J connectivity index is 1.95. The summed E-state index contributed by atoms with van der Waals surface area (Å²) in [5.41, 5.74) is 4.90. The molecule has 0 aromatic heterocycles. The number of hydrogen-bond acceptors (Lipinski definition) is 3. The van der Waals surface area contributed by atoms with Gasteiger partial charge in [0.05, 0.1) is 5.56 Å². The molecule has 0 saturated carbocycles. The summed E-state index contributed by atoms with van der Waals surface area (Å²) in [6, 6.07) is 10.6. The molecule has 2 N–H and O–H groups in total. The molecule has 0 radical (unpaired) electrons. The van der Waals surface area contributed by atoms with E-state index in [1.807, 2.05) is 13.8 Å². The predicted octanol–water partition coefficient (Wildman–Crippen LogP) is 3.63. The maximum atomic E-state index is 12.5. The summed E-state index contributed by atoms with van der Waals surface area (Å²) in [4.78, 5) is 26.2. The largest absolute Gasteiger partial charge is 0.416 e. The average Bonchev–Trinajstić information content (AvgIpc) is 2.66. The van der Waals surface area contributed by atoms with E-state index in [0.717, 1.165) is 43.0 Å². The molecule has 2 aromatic carbocycles. The van der Waals surface area contributed by atoms with E-state index in [4.69, 9.17) is 0 Å². The van der Waals surface area contributed by atoms with E-state index in [-0.39, 0.29) is 5.56 Å². The first kappa shape index (κ1) is 20.3. The second-order valence-corrected chi connectivity index (χ2v) is 5.70. The molecule has 0 fully saturated rings. The molecule has 2 amide bonds. The third-order valence-electron chi connectivity index (χ3n) is 4.02. The number of halogens is 3. The molecule has 2 aromatic rings. The van der Waals surface area contributed by atoms with Crippen LogP contribution in [0.4, 0.5) is 18.9 Å². The smallest absolute Gasteiger partial charge is 0.372 e. The first-order chi connectivity index (χ1) is 12.8. The highest BCUT2D eigenvalue weighted by Crippen LogP contribution is 2.29. The Hall–Kier alpha value is -3.03. The maximum Gasteiger partial charge on any atom is 0.416 e. The Morgan fingerprint density at radius 1 is 0.815 bits per heavy atom. The molecule has 0 aliphatic rings. The SMILES string of the molecule is CCN(CC)c1ccc(C(=O)NNC(=O)c2ccc(C(F)(F)F)cc2)cc1. The standard InChI is InChI=1S/C19H20F3N3O2/c1-3-25(4-2)16-11-7-14(8-12-16)18(27)24-23-17(26)13-5-9-15(10-6-13)19(20,21)22/h5-12H,3-4H2,1-2H3,(H,23,26)(H,24,27). The van der Waals surface area contributed by atoms with Crippen molar-refractivity contribution in [3.05, 3.63) is 65.2 Å². The highest BCUT2D eigenvalue weighted by Gasteiger charge is 2.30. The lowest BCUT2D eigenvalue weighted by Crippen LogP contribution is -2.41. The number of nitrogens with one attached hydrogen (secondary N) is 2. The minimum Gasteiger partial charge on any atom is -0.372 e. The molecular weight excluding hydrogens is 359 g/mol. The molecule has 0 heterocycles. The number of rotatable bonds is 5. The summed E-state index contributed by atoms with van der Waals surface area (Å²) in [5.74, 6) is -1.24. The maximum absolute atomic E-state index is 12.5. The molecule has 144 valence electrons. The first-order valence-electron chi connectivity index (χ1n) is 8.39. The molecule has 27 heavy (non-hydrogen) atoms. The van der Waals surface area contributed by atoms with Gasteiger partial charge in [0, 0.05) is 29.9 Å². The molecular formula is C19H20F3N3O2. The van der Waals surface area contributed by atoms with E-state index >= 15 is 0 Å². The topological polar surface area (TPSA) is 61.4 Å². The monoisotopic (exact) mass is 379 g/mol. The summed E-state index contributed by atoms with van der Waals surface area (Å²) in [6.45, 7) is 5.73. The summed E-state index contributed by atoms with van der Waals surface area (Å²) in [7, 11) is 0. The van der Waals surface area contributed by atoms with Gasteiger partial charge in [-0.05, 0) is 62.4 Å². The minimum absolute atomic E-state index is 0.000168. The third-order valence-corrected chi connectivity index (χ3v) is 4.02. The summed E-state index contributed by atoms with van der Waals surface area (Å²) in [5, 5.41) is 0.